The van der Waals surface area contributed by atoms with Crippen LogP contribution in [0.15, 0.2) is 0 Å². The molecule has 0 bridgehead atoms. The Balaban J connectivity index is 0. The second-order valence-electron chi connectivity index (χ2n) is 0. The summed E-state index contributed by atoms with van der Waals surface area (Å²) < 4.78 is 0. The molecule has 0 aromatic heterocycles. The predicted octanol–water partition coefficient (Wildman–Crippen LogP) is -11.2. The molecule has 0 rings (SSSR count). The fraction of sp³-hybridized carbons (Fsp3) is 0. The van der Waals surface area contributed by atoms with Gasteiger partial charge in [-0.3, -0.25) is 0 Å². The molecule has 0 aromatic carbocycles. The van der Waals surface area contributed by atoms with Crippen LogP contribution in [0.5, 0.6) is 0 Å². The zero-order valence-electron chi connectivity index (χ0n) is 4.91. The minimum atomic E-state index is 0. The quantitative estimate of drug-likeness (QED) is 0.213. The van der Waals surface area contributed by atoms with Crippen molar-refractivity contribution in [2.24, 2.45) is 0 Å². The van der Waals surface area contributed by atoms with Crippen molar-refractivity contribution in [1.82, 2.24) is 0 Å². The van der Waals surface area contributed by atoms with Crippen LogP contribution >= 0.6 is 0 Å². The molecule has 0 aromatic rings. The van der Waals surface area contributed by atoms with E-state index in [1.54, 1.807) is 0 Å². The summed E-state index contributed by atoms with van der Waals surface area (Å²) in [5.74, 6) is 0. The molecule has 0 fully saturated rings. The van der Waals surface area contributed by atoms with Crippen LogP contribution in [0, 0.1) is 0 Å². The second-order valence-corrected chi connectivity index (χ2v) is 0. The molecule has 0 unspecified atom stereocenters. The SMILES string of the molecule is O.O.O.O.O.O.O.[InH3].[InH3].[InH3].[SnH2].[SnH2]. The first-order valence-electron chi connectivity index (χ1n) is 0. The van der Waals surface area contributed by atoms with Crippen LogP contribution in [0.1, 0.15) is 0 Å². The van der Waals surface area contributed by atoms with Gasteiger partial charge in [-0.15, -0.1) is 0 Å². The Morgan fingerprint density at radius 2 is 0.250 bits per heavy atom. The predicted molar refractivity (Wildman–Crippen MR) is 72.2 cm³/mol. The van der Waals surface area contributed by atoms with Crippen LogP contribution < -0.4 is 0 Å². The Kier molecular flexibility index (Phi) is 3600. The van der Waals surface area contributed by atoms with Crippen molar-refractivity contribution in [2.45, 2.75) is 0 Å². The molecule has 4 radical (unpaired) electrons. The Bertz CT molecular complexity index is 16.6. The summed E-state index contributed by atoms with van der Waals surface area (Å²) >= 11 is 0. The van der Waals surface area contributed by atoms with Crippen LogP contribution in [0.3, 0.4) is 0 Å². The Morgan fingerprint density at radius 3 is 0.250 bits per heavy atom. The van der Waals surface area contributed by atoms with E-state index in [1.165, 1.54) is 0 Å². The number of hydrogen-bond acceptors (Lipinski definition) is 0. The minimum absolute atomic E-state index is 0. The molecule has 0 saturated heterocycles. The van der Waals surface area contributed by atoms with Crippen molar-refractivity contribution < 1.29 is 38.3 Å². The van der Waals surface area contributed by atoms with Gasteiger partial charge in [0, 0.05) is 0 Å². The summed E-state index contributed by atoms with van der Waals surface area (Å²) in [7, 11) is 0. The van der Waals surface area contributed by atoms with Gasteiger partial charge in [0.05, 0.1) is 0 Å². The number of hydrogen-bond donors (Lipinski definition) is 0. The first kappa shape index (κ1) is 230. The number of rotatable bonds is 0. The summed E-state index contributed by atoms with van der Waals surface area (Å²) in [4.78, 5) is 0. The van der Waals surface area contributed by atoms with E-state index in [0.29, 0.717) is 0 Å². The van der Waals surface area contributed by atoms with Crippen molar-refractivity contribution in [3.63, 3.8) is 0 Å². The standard InChI is InChI=1S/3In.7H2O.2Sn.13H/h;;;7*1H2;;;;;;;;;;;;;;;. The topological polar surface area (TPSA) is 220 Å². The van der Waals surface area contributed by atoms with Gasteiger partial charge in [-0.1, -0.05) is 0 Å². The molecule has 12 heteroatoms. The van der Waals surface area contributed by atoms with Crippen molar-refractivity contribution >= 4 is 125 Å². The zero-order valence-corrected chi connectivity index (χ0v) is 13.0. The average Bonchev–Trinajstić information content (AvgIpc) is 0. The zero-order chi connectivity index (χ0) is 0. The summed E-state index contributed by atoms with van der Waals surface area (Å²) in [6, 6.07) is 0. The van der Waals surface area contributed by atoms with Gasteiger partial charge in [0.25, 0.3) is 0 Å². The molecule has 0 amide bonds. The van der Waals surface area contributed by atoms with Crippen molar-refractivity contribution in [1.29, 1.82) is 0 Å². The van der Waals surface area contributed by atoms with E-state index in [2.05, 4.69) is 0 Å². The summed E-state index contributed by atoms with van der Waals surface area (Å²) in [5.41, 5.74) is 0. The Hall–Kier alpha value is 3.93. The molecule has 0 heterocycles. The molecular formula is H27In3O7Sn2. The second kappa shape index (κ2) is 188. The van der Waals surface area contributed by atoms with E-state index >= 15 is 0 Å². The molecule has 0 spiro atoms. The van der Waals surface area contributed by atoms with Crippen molar-refractivity contribution in [2.75, 3.05) is 0 Å². The molecule has 0 aliphatic rings. The maximum atomic E-state index is 0. The van der Waals surface area contributed by atoms with Crippen LogP contribution in [-0.4, -0.2) is 164 Å². The third-order valence-corrected chi connectivity index (χ3v) is 0. The molecule has 0 aliphatic heterocycles. The van der Waals surface area contributed by atoms with Gasteiger partial charge in [-0.25, -0.2) is 0 Å². The van der Waals surface area contributed by atoms with Crippen LogP contribution in [0.25, 0.3) is 0 Å². The molecule has 7 nitrogen and oxygen atoms in total. The normalized spacial score (nSPS) is 0. The molecular weight excluding hydrogens is 694 g/mol. The molecule has 86 valence electrons. The van der Waals surface area contributed by atoms with Crippen molar-refractivity contribution in [3.05, 3.63) is 0 Å². The van der Waals surface area contributed by atoms with Crippen molar-refractivity contribution in [3.8, 4) is 0 Å². The average molecular weight is 721 g/mol. The van der Waals surface area contributed by atoms with E-state index in [4.69, 9.17) is 0 Å². The third kappa shape index (κ3) is 151. The third-order valence-electron chi connectivity index (χ3n) is 0. The fourth-order valence-electron chi connectivity index (χ4n) is 0. The van der Waals surface area contributed by atoms with E-state index < -0.39 is 0 Å². The molecule has 14 N–H and O–H groups in total. The summed E-state index contributed by atoms with van der Waals surface area (Å²) in [5, 5.41) is 0. The van der Waals surface area contributed by atoms with E-state index in [1.807, 2.05) is 0 Å². The Morgan fingerprint density at radius 1 is 0.250 bits per heavy atom. The van der Waals surface area contributed by atoms with Gasteiger partial charge >= 0.3 is 125 Å². The van der Waals surface area contributed by atoms with Gasteiger partial charge < -0.3 is 38.3 Å². The molecule has 12 heavy (non-hydrogen) atoms. The van der Waals surface area contributed by atoms with Crippen LogP contribution in [0.4, 0.5) is 0 Å². The van der Waals surface area contributed by atoms with E-state index in [-0.39, 0.29) is 164 Å². The van der Waals surface area contributed by atoms with Gasteiger partial charge in [0.15, 0.2) is 0 Å². The van der Waals surface area contributed by atoms with E-state index in [9.17, 15) is 0 Å². The molecule has 0 saturated carbocycles. The van der Waals surface area contributed by atoms with Crippen LogP contribution in [-0.2, 0) is 0 Å². The fourth-order valence-corrected chi connectivity index (χ4v) is 0. The van der Waals surface area contributed by atoms with Gasteiger partial charge in [-0.05, 0) is 0 Å². The first-order chi connectivity index (χ1) is 0. The van der Waals surface area contributed by atoms with Gasteiger partial charge in [0.2, 0.25) is 0 Å². The summed E-state index contributed by atoms with van der Waals surface area (Å²) in [6.45, 7) is 0. The van der Waals surface area contributed by atoms with Gasteiger partial charge in [-0.2, -0.15) is 0 Å². The Labute approximate surface area is 161 Å². The maximum absolute atomic E-state index is 0. The van der Waals surface area contributed by atoms with Crippen LogP contribution in [0.2, 0.25) is 0 Å². The molecule has 0 atom stereocenters. The first-order valence-corrected chi connectivity index (χ1v) is 0. The van der Waals surface area contributed by atoms with Gasteiger partial charge in [0.1, 0.15) is 0 Å². The molecule has 0 aliphatic carbocycles. The monoisotopic (exact) mass is 724 g/mol. The van der Waals surface area contributed by atoms with E-state index in [0.717, 1.165) is 0 Å². The summed E-state index contributed by atoms with van der Waals surface area (Å²) in [6.07, 6.45) is 0.